The Labute approximate surface area is 647 Å². The molecule has 0 fully saturated rings. The molecule has 14 aromatic rings. The molecule has 0 saturated carbocycles. The van der Waals surface area contributed by atoms with Crippen molar-refractivity contribution in [3.05, 3.63) is 335 Å². The Bertz CT molecular complexity index is 5710. The van der Waals surface area contributed by atoms with E-state index in [9.17, 15) is 33.9 Å². The van der Waals surface area contributed by atoms with E-state index < -0.39 is 29.7 Å². The summed E-state index contributed by atoms with van der Waals surface area (Å²) in [6.45, 7) is 2.06. The number of hydrogen-bond donors (Lipinski definition) is 10. The van der Waals surface area contributed by atoms with Crippen LogP contribution >= 0.6 is 0 Å². The number of amides is 5. The summed E-state index contributed by atoms with van der Waals surface area (Å²) in [7, 11) is 0. The van der Waals surface area contributed by atoms with Crippen molar-refractivity contribution in [2.45, 2.75) is 52.0 Å². The number of carbonyl (C=O) groups is 8. The van der Waals surface area contributed by atoms with E-state index in [2.05, 4.69) is 70.2 Å². The fraction of sp³-hybridized carbons (Fsp3) is 0.0909. The summed E-state index contributed by atoms with van der Waals surface area (Å²) in [5, 5.41) is 55.0. The van der Waals surface area contributed by atoms with Crippen LogP contribution in [-0.2, 0) is 58.3 Å². The lowest BCUT2D eigenvalue weighted by Crippen LogP contribution is -2.47. The minimum Gasteiger partial charge on any atom is -0.539 e. The zero-order valence-corrected chi connectivity index (χ0v) is 60.8. The highest BCUT2D eigenvalue weighted by Gasteiger charge is 2.21. The smallest absolute Gasteiger partial charge is 0.351 e. The minimum absolute atomic E-state index is 0.0696. The van der Waals surface area contributed by atoms with Gasteiger partial charge in [0, 0.05) is 98.1 Å². The maximum absolute atomic E-state index is 13.4. The number of ether oxygens (including phenoxy) is 2. The molecule has 0 aliphatic carbocycles. The number of aromatic amines is 2. The van der Waals surface area contributed by atoms with Gasteiger partial charge in [0.2, 0.25) is 11.8 Å². The number of primary amides is 2. The second-order valence-electron chi connectivity index (χ2n) is 25.4. The number of aromatic nitrogens is 6. The molecule has 566 valence electrons. The number of carbonyl (C=O) groups excluding carboxylic acids is 6. The zero-order valence-electron chi connectivity index (χ0n) is 60.8. The molecule has 14 N–H and O–H groups in total. The van der Waals surface area contributed by atoms with Crippen LogP contribution in [0.3, 0.4) is 0 Å². The van der Waals surface area contributed by atoms with Crippen LogP contribution in [-0.4, -0.2) is 88.0 Å². The first-order chi connectivity index (χ1) is 54.8. The van der Waals surface area contributed by atoms with E-state index in [4.69, 9.17) is 40.7 Å². The fourth-order valence-electron chi connectivity index (χ4n) is 11.9. The van der Waals surface area contributed by atoms with Gasteiger partial charge in [-0.05, 0) is 150 Å². The van der Waals surface area contributed by atoms with Crippen molar-refractivity contribution >= 4 is 80.6 Å². The standard InChI is InChI=1S/C43H36N6O4.C34H28N4O5.C9H10N2.C2H2O4/c44-40(50)22-19-31-24-39(36-14-5-7-16-38(36)47-43(52)29-17-20-34(21-18-29)53-27-28-9-2-1-3-10-28)48-49-41(31)30-11-8-12-32(23-30)42(51)46-26-33-25-45-37-15-6-4-13-35(33)37;35-31(39)18-15-25-20-30(37-38-32(25)24-9-6-10-26(19-24)34(41)42)28-11-4-5-12-29(28)36-33(40)23-13-16-27(17-14-23)43-21-22-7-2-1-3-8-22;10-5-7-6-11-9-4-2-1-3-8(7)9;3-1(4)2(5)6/h1-18,20-21,23-25,45H,19,22,26-27H2,(H2,44,50)(H,46,51)(H,47,52);1-14,16-17,19-20H,15,18,21H2,(H2,35,39)(H,36,40)(H,41,42);1-4,6,11H,5,10H2;(H,3,4)(H,5,6). The van der Waals surface area contributed by atoms with Crippen LogP contribution in [0.15, 0.2) is 279 Å². The number of fused-ring (bicyclic) bond motifs is 2. The van der Waals surface area contributed by atoms with Crippen molar-refractivity contribution in [1.29, 1.82) is 0 Å². The van der Waals surface area contributed by atoms with Gasteiger partial charge in [0.1, 0.15) is 31.3 Å². The van der Waals surface area contributed by atoms with Crippen LogP contribution in [0.1, 0.15) is 87.7 Å². The number of carboxylic acid groups (broad SMARTS) is 3. The Morgan fingerprint density at radius 3 is 1.27 bits per heavy atom. The lowest BCUT2D eigenvalue weighted by atomic mass is 9.98. The molecule has 10 aromatic carbocycles. The summed E-state index contributed by atoms with van der Waals surface area (Å²) >= 11 is 0. The Kier molecular flexibility index (Phi) is 26.9. The number of quaternary nitrogens is 1. The molecular formula is C88H76N12O13. The van der Waals surface area contributed by atoms with Crippen LogP contribution in [0.2, 0.25) is 0 Å². The highest BCUT2D eigenvalue weighted by molar-refractivity contribution is 6.26. The molecule has 0 saturated heterocycles. The largest absolute Gasteiger partial charge is 0.539 e. The molecule has 0 bridgehead atoms. The van der Waals surface area contributed by atoms with Gasteiger partial charge in [0.15, 0.2) is 5.97 Å². The number of aliphatic carboxylic acids is 2. The molecule has 0 aliphatic heterocycles. The van der Waals surface area contributed by atoms with Crippen LogP contribution in [0.5, 0.6) is 11.5 Å². The highest BCUT2D eigenvalue weighted by atomic mass is 16.5. The van der Waals surface area contributed by atoms with E-state index in [-0.39, 0.29) is 42.5 Å². The van der Waals surface area contributed by atoms with Crippen LogP contribution in [0, 0.1) is 0 Å². The van der Waals surface area contributed by atoms with Crippen molar-refractivity contribution in [2.24, 2.45) is 11.5 Å². The number of aryl methyl sites for hydroxylation is 2. The van der Waals surface area contributed by atoms with E-state index in [1.54, 1.807) is 103 Å². The van der Waals surface area contributed by atoms with Crippen LogP contribution in [0.25, 0.3) is 66.8 Å². The number of H-pyrrole nitrogens is 2. The van der Waals surface area contributed by atoms with Gasteiger partial charge in [-0.2, -0.15) is 0 Å². The summed E-state index contributed by atoms with van der Waals surface area (Å²) < 4.78 is 11.7. The summed E-state index contributed by atoms with van der Waals surface area (Å²) in [6.07, 6.45) is 4.66. The lowest BCUT2D eigenvalue weighted by molar-refractivity contribution is -0.386. The number of anilines is 2. The Morgan fingerprint density at radius 2 is 0.832 bits per heavy atom. The van der Waals surface area contributed by atoms with Crippen molar-refractivity contribution in [2.75, 3.05) is 10.6 Å². The molecule has 25 nitrogen and oxygen atoms in total. The van der Waals surface area contributed by atoms with Gasteiger partial charge < -0.3 is 72.7 Å². The number of nitrogens with two attached hydrogens (primary N) is 2. The van der Waals surface area contributed by atoms with E-state index in [1.165, 1.54) is 28.6 Å². The van der Waals surface area contributed by atoms with Gasteiger partial charge in [0.25, 0.3) is 17.7 Å². The first-order valence-corrected chi connectivity index (χ1v) is 35.5. The Morgan fingerprint density at radius 1 is 0.425 bits per heavy atom. The van der Waals surface area contributed by atoms with E-state index in [0.29, 0.717) is 116 Å². The van der Waals surface area contributed by atoms with Gasteiger partial charge in [-0.3, -0.25) is 24.0 Å². The number of nitrogens with zero attached hydrogens (tertiary/aromatic N) is 4. The number of aromatic carboxylic acids is 1. The third kappa shape index (κ3) is 21.8. The molecule has 0 spiro atoms. The summed E-state index contributed by atoms with van der Waals surface area (Å²) in [5.41, 5.74) is 29.8. The normalized spacial score (nSPS) is 10.6. The Hall–Kier alpha value is -15.2. The number of benzene rings is 10. The van der Waals surface area contributed by atoms with Crippen LogP contribution < -0.4 is 47.7 Å². The van der Waals surface area contributed by atoms with Gasteiger partial charge in [-0.15, -0.1) is 20.4 Å². The average molecular weight is 1510 g/mol. The summed E-state index contributed by atoms with van der Waals surface area (Å²) in [6, 6.07) is 81.3. The highest BCUT2D eigenvalue weighted by Crippen LogP contribution is 2.34. The second kappa shape index (κ2) is 38.5. The molecule has 0 aliphatic rings. The lowest BCUT2D eigenvalue weighted by Gasteiger charge is -2.14. The van der Waals surface area contributed by atoms with E-state index in [0.717, 1.165) is 39.7 Å². The SMILES string of the molecule is NC(=O)CCc1cc(-c2ccccc2NC(=O)c2ccc(OCc3ccccc3)cc2)nnc1-c1cccc(C(=O)NCc2c[nH]c3ccccc23)c1.NC(=O)CCc1cc(-c2ccccc2NC(=O)c2ccc(OCc3ccccc3)cc2)nnc1-c1cccc(C(=O)O)c1.O=C([O-])C(=O)O.[NH3+]Cc1c[nH]c2ccccc12. The number of para-hydroxylation sites is 4. The predicted molar refractivity (Wildman–Crippen MR) is 425 cm³/mol. The molecule has 14 rings (SSSR count). The fourth-order valence-corrected chi connectivity index (χ4v) is 11.9. The first kappa shape index (κ1) is 78.8. The van der Waals surface area contributed by atoms with Gasteiger partial charge in [-0.1, -0.05) is 158 Å². The topological polar surface area (TPSA) is 417 Å². The van der Waals surface area contributed by atoms with Crippen molar-refractivity contribution in [3.8, 4) is 56.5 Å². The van der Waals surface area contributed by atoms with Crippen molar-refractivity contribution in [3.63, 3.8) is 0 Å². The first-order valence-electron chi connectivity index (χ1n) is 35.5. The average Bonchev–Trinajstić information content (AvgIpc) is 1.78. The molecule has 113 heavy (non-hydrogen) atoms. The number of rotatable bonds is 25. The maximum Gasteiger partial charge on any atom is 0.351 e. The number of carboxylic acids is 3. The number of hydrogen-bond acceptors (Lipinski definition) is 15. The molecular weight excluding hydrogens is 1430 g/mol. The monoisotopic (exact) mass is 1510 g/mol. The third-order valence-electron chi connectivity index (χ3n) is 17.7. The number of nitrogens with one attached hydrogen (secondary N) is 5. The molecule has 5 amide bonds. The summed E-state index contributed by atoms with van der Waals surface area (Å²) in [4.78, 5) is 99.2. The van der Waals surface area contributed by atoms with Crippen LogP contribution in [0.4, 0.5) is 11.4 Å². The Balaban J connectivity index is 0.000000186. The molecule has 0 atom stereocenters. The molecule has 25 heteroatoms. The summed E-state index contributed by atoms with van der Waals surface area (Å²) in [5.74, 6) is -5.56. The van der Waals surface area contributed by atoms with Gasteiger partial charge in [-0.25, -0.2) is 9.59 Å². The second-order valence-corrected chi connectivity index (χ2v) is 25.4. The third-order valence-corrected chi connectivity index (χ3v) is 17.7. The quantitative estimate of drug-likeness (QED) is 0.0238. The maximum atomic E-state index is 13.4. The minimum atomic E-state index is -2.07. The van der Waals surface area contributed by atoms with E-state index in [1.807, 2.05) is 146 Å². The molecule has 4 heterocycles. The molecule has 0 unspecified atom stereocenters. The van der Waals surface area contributed by atoms with Crippen molar-refractivity contribution < 1.29 is 68.9 Å². The van der Waals surface area contributed by atoms with Gasteiger partial charge in [0.05, 0.1) is 39.7 Å². The molecule has 4 aromatic heterocycles. The zero-order chi connectivity index (χ0) is 79.6. The predicted octanol–water partition coefficient (Wildman–Crippen LogP) is 12.0. The van der Waals surface area contributed by atoms with Crippen molar-refractivity contribution in [1.82, 2.24) is 35.7 Å². The van der Waals surface area contributed by atoms with Gasteiger partial charge >= 0.3 is 11.9 Å². The van der Waals surface area contributed by atoms with E-state index >= 15 is 0 Å². The molecule has 0 radical (unpaired) electrons.